The van der Waals surface area contributed by atoms with Gasteiger partial charge in [-0.3, -0.25) is 4.79 Å². The van der Waals surface area contributed by atoms with E-state index in [1.807, 2.05) is 11.4 Å². The predicted molar refractivity (Wildman–Crippen MR) is 75.0 cm³/mol. The van der Waals surface area contributed by atoms with Crippen molar-refractivity contribution in [1.29, 1.82) is 0 Å². The van der Waals surface area contributed by atoms with E-state index >= 15 is 0 Å². The minimum Gasteiger partial charge on any atom is -0.352 e. The molecule has 16 heavy (non-hydrogen) atoms. The van der Waals surface area contributed by atoms with Gasteiger partial charge in [-0.2, -0.15) is 0 Å². The molecule has 1 saturated heterocycles. The summed E-state index contributed by atoms with van der Waals surface area (Å²) in [5.74, 6) is 0.799. The lowest BCUT2D eigenvalue weighted by Crippen LogP contribution is -2.26. The standard InChI is InChI=1S/C11H15IN2OS/c12-10-5-9(7-16-10)11(15)14-4-2-8-1-3-13-6-8/h5,7-8,13H,1-4,6H2,(H,14,15). The zero-order valence-corrected chi connectivity index (χ0v) is 11.9. The van der Waals surface area contributed by atoms with Crippen molar-refractivity contribution in [2.75, 3.05) is 19.6 Å². The van der Waals surface area contributed by atoms with Crippen molar-refractivity contribution in [2.45, 2.75) is 12.8 Å². The lowest BCUT2D eigenvalue weighted by Gasteiger charge is -2.08. The average Bonchev–Trinajstić information content (AvgIpc) is 2.89. The van der Waals surface area contributed by atoms with E-state index in [-0.39, 0.29) is 5.91 Å². The Bertz CT molecular complexity index is 361. The molecule has 0 aliphatic carbocycles. The zero-order valence-electron chi connectivity index (χ0n) is 8.96. The van der Waals surface area contributed by atoms with Crippen molar-refractivity contribution in [3.05, 3.63) is 19.9 Å². The molecule has 0 bridgehead atoms. The van der Waals surface area contributed by atoms with E-state index in [1.165, 1.54) is 6.42 Å². The molecule has 0 saturated carbocycles. The van der Waals surface area contributed by atoms with E-state index in [9.17, 15) is 4.79 Å². The Balaban J connectivity index is 1.71. The Morgan fingerprint density at radius 1 is 1.69 bits per heavy atom. The van der Waals surface area contributed by atoms with Gasteiger partial charge in [-0.1, -0.05) is 0 Å². The van der Waals surface area contributed by atoms with E-state index in [4.69, 9.17) is 0 Å². The van der Waals surface area contributed by atoms with Gasteiger partial charge in [-0.05, 0) is 60.5 Å². The zero-order chi connectivity index (χ0) is 11.4. The first-order chi connectivity index (χ1) is 7.75. The van der Waals surface area contributed by atoms with Crippen molar-refractivity contribution < 1.29 is 4.79 Å². The van der Waals surface area contributed by atoms with Gasteiger partial charge in [-0.15, -0.1) is 11.3 Å². The third-order valence-corrected chi connectivity index (χ3v) is 4.62. The highest BCUT2D eigenvalue weighted by Crippen LogP contribution is 2.16. The summed E-state index contributed by atoms with van der Waals surface area (Å²) in [6.07, 6.45) is 2.33. The largest absolute Gasteiger partial charge is 0.352 e. The summed E-state index contributed by atoms with van der Waals surface area (Å²) in [6.45, 7) is 3.02. The number of rotatable bonds is 4. The van der Waals surface area contributed by atoms with Crippen LogP contribution in [0.5, 0.6) is 0 Å². The van der Waals surface area contributed by atoms with Crippen LogP contribution in [-0.4, -0.2) is 25.5 Å². The van der Waals surface area contributed by atoms with Gasteiger partial charge in [0.2, 0.25) is 0 Å². The summed E-state index contributed by atoms with van der Waals surface area (Å²) in [4.78, 5) is 11.7. The highest BCUT2D eigenvalue weighted by Gasteiger charge is 2.14. The first kappa shape index (κ1) is 12.3. The number of halogens is 1. The first-order valence-corrected chi connectivity index (χ1v) is 7.44. The van der Waals surface area contributed by atoms with Crippen LogP contribution in [0.4, 0.5) is 0 Å². The van der Waals surface area contributed by atoms with Crippen LogP contribution in [-0.2, 0) is 0 Å². The highest BCUT2D eigenvalue weighted by molar-refractivity contribution is 14.1. The van der Waals surface area contributed by atoms with Crippen LogP contribution in [0.25, 0.3) is 0 Å². The smallest absolute Gasteiger partial charge is 0.252 e. The predicted octanol–water partition coefficient (Wildman–Crippen LogP) is 2.08. The maximum Gasteiger partial charge on any atom is 0.252 e. The van der Waals surface area contributed by atoms with Gasteiger partial charge < -0.3 is 10.6 Å². The van der Waals surface area contributed by atoms with Gasteiger partial charge in [0, 0.05) is 11.9 Å². The molecular formula is C11H15IN2OS. The van der Waals surface area contributed by atoms with Gasteiger partial charge >= 0.3 is 0 Å². The minimum atomic E-state index is 0.0603. The van der Waals surface area contributed by atoms with Crippen LogP contribution in [0.1, 0.15) is 23.2 Å². The number of hydrogen-bond acceptors (Lipinski definition) is 3. The molecule has 1 aromatic heterocycles. The highest BCUT2D eigenvalue weighted by atomic mass is 127. The number of hydrogen-bond donors (Lipinski definition) is 2. The second-order valence-corrected chi connectivity index (χ2v) is 6.85. The third-order valence-electron chi connectivity index (χ3n) is 2.83. The molecule has 1 amide bonds. The Morgan fingerprint density at radius 3 is 3.19 bits per heavy atom. The van der Waals surface area contributed by atoms with Gasteiger partial charge in [-0.25, -0.2) is 0 Å². The van der Waals surface area contributed by atoms with E-state index in [1.54, 1.807) is 11.3 Å². The van der Waals surface area contributed by atoms with E-state index < -0.39 is 0 Å². The lowest BCUT2D eigenvalue weighted by molar-refractivity contribution is 0.0952. The molecule has 3 nitrogen and oxygen atoms in total. The number of amides is 1. The molecule has 2 rings (SSSR count). The first-order valence-electron chi connectivity index (χ1n) is 5.48. The fourth-order valence-electron chi connectivity index (χ4n) is 1.88. The topological polar surface area (TPSA) is 41.1 Å². The Kier molecular flexibility index (Phi) is 4.60. The van der Waals surface area contributed by atoms with E-state index in [2.05, 4.69) is 33.2 Å². The summed E-state index contributed by atoms with van der Waals surface area (Å²) in [5.41, 5.74) is 0.791. The van der Waals surface area contributed by atoms with Crippen LogP contribution in [0.2, 0.25) is 0 Å². The summed E-state index contributed by atoms with van der Waals surface area (Å²) < 4.78 is 1.16. The lowest BCUT2D eigenvalue weighted by atomic mass is 10.1. The Hall–Kier alpha value is -0.140. The van der Waals surface area contributed by atoms with Crippen LogP contribution in [0.3, 0.4) is 0 Å². The van der Waals surface area contributed by atoms with Crippen LogP contribution in [0, 0.1) is 8.80 Å². The molecule has 5 heteroatoms. The second-order valence-electron chi connectivity index (χ2n) is 4.04. The molecule has 2 heterocycles. The van der Waals surface area contributed by atoms with Crippen LogP contribution >= 0.6 is 33.9 Å². The molecule has 1 unspecified atom stereocenters. The maximum atomic E-state index is 11.7. The van der Waals surface area contributed by atoms with Gasteiger partial charge in [0.1, 0.15) is 0 Å². The molecule has 1 aliphatic heterocycles. The molecule has 0 aromatic carbocycles. The monoisotopic (exact) mass is 350 g/mol. The van der Waals surface area contributed by atoms with Crippen molar-refractivity contribution in [2.24, 2.45) is 5.92 Å². The van der Waals surface area contributed by atoms with Crippen LogP contribution < -0.4 is 10.6 Å². The molecular weight excluding hydrogens is 335 g/mol. The number of thiophene rings is 1. The third kappa shape index (κ3) is 3.43. The molecule has 1 fully saturated rings. The van der Waals surface area contributed by atoms with Gasteiger partial charge in [0.15, 0.2) is 0 Å². The number of carbonyl (C=O) groups excluding carboxylic acids is 1. The maximum absolute atomic E-state index is 11.7. The SMILES string of the molecule is O=C(NCCC1CCNC1)c1csc(I)c1. The molecule has 1 aromatic rings. The molecule has 0 radical (unpaired) electrons. The van der Waals surface area contributed by atoms with Crippen molar-refractivity contribution in [3.63, 3.8) is 0 Å². The second kappa shape index (κ2) is 5.97. The van der Waals surface area contributed by atoms with Crippen molar-refractivity contribution in [3.8, 4) is 0 Å². The number of nitrogens with one attached hydrogen (secondary N) is 2. The Morgan fingerprint density at radius 2 is 2.56 bits per heavy atom. The van der Waals surface area contributed by atoms with Gasteiger partial charge in [0.25, 0.3) is 5.91 Å². The van der Waals surface area contributed by atoms with E-state index in [0.29, 0.717) is 0 Å². The summed E-state index contributed by atoms with van der Waals surface area (Å²) in [7, 11) is 0. The fourth-order valence-corrected chi connectivity index (χ4v) is 3.21. The Labute approximate surface area is 113 Å². The van der Waals surface area contributed by atoms with Crippen molar-refractivity contribution >= 4 is 39.8 Å². The minimum absolute atomic E-state index is 0.0603. The molecule has 1 aliphatic rings. The number of carbonyl (C=O) groups is 1. The summed E-state index contributed by atoms with van der Waals surface area (Å²) in [5, 5.41) is 8.22. The van der Waals surface area contributed by atoms with E-state index in [0.717, 1.165) is 40.4 Å². The normalized spacial score (nSPS) is 19.9. The van der Waals surface area contributed by atoms with Crippen molar-refractivity contribution in [1.82, 2.24) is 10.6 Å². The molecule has 0 spiro atoms. The summed E-state index contributed by atoms with van der Waals surface area (Å²) in [6, 6.07) is 1.93. The molecule has 88 valence electrons. The van der Waals surface area contributed by atoms with Crippen LogP contribution in [0.15, 0.2) is 11.4 Å². The fraction of sp³-hybridized carbons (Fsp3) is 0.545. The summed E-state index contributed by atoms with van der Waals surface area (Å²) >= 11 is 3.84. The molecule has 2 N–H and O–H groups in total. The average molecular weight is 350 g/mol. The van der Waals surface area contributed by atoms with Gasteiger partial charge in [0.05, 0.1) is 8.45 Å². The molecule has 1 atom stereocenters. The quantitative estimate of drug-likeness (QED) is 0.817.